The Balaban J connectivity index is 1.68. The van der Waals surface area contributed by atoms with E-state index in [4.69, 9.17) is 14.2 Å². The monoisotopic (exact) mass is 518 g/mol. The Bertz CT molecular complexity index is 1030. The van der Waals surface area contributed by atoms with Gasteiger partial charge >= 0.3 is 11.9 Å². The molecule has 2 aromatic rings. The number of ether oxygens (including phenoxy) is 3. The first-order chi connectivity index (χ1) is 18.5. The Morgan fingerprint density at radius 1 is 0.816 bits per heavy atom. The molecule has 0 saturated heterocycles. The van der Waals surface area contributed by atoms with Gasteiger partial charge in [0.25, 0.3) is 0 Å². The smallest absolute Gasteiger partial charge is 0.335 e. The molecule has 3 rings (SSSR count). The summed E-state index contributed by atoms with van der Waals surface area (Å²) in [4.78, 5) is 22.7. The van der Waals surface area contributed by atoms with Crippen molar-refractivity contribution in [1.29, 1.82) is 0 Å². The predicted molar refractivity (Wildman–Crippen MR) is 151 cm³/mol. The van der Waals surface area contributed by atoms with Gasteiger partial charge in [0.15, 0.2) is 0 Å². The number of hydrogen-bond acceptors (Lipinski definition) is 5. The highest BCUT2D eigenvalue weighted by atomic mass is 16.5. The molecule has 0 bridgehead atoms. The molecule has 0 radical (unpaired) electrons. The van der Waals surface area contributed by atoms with Crippen molar-refractivity contribution in [3.8, 4) is 11.5 Å². The van der Waals surface area contributed by atoms with Gasteiger partial charge in [-0.25, -0.2) is 9.59 Å². The maximum atomic E-state index is 11.6. The van der Waals surface area contributed by atoms with E-state index in [1.54, 1.807) is 0 Å². The van der Waals surface area contributed by atoms with Gasteiger partial charge in [0.05, 0.1) is 13.2 Å². The summed E-state index contributed by atoms with van der Waals surface area (Å²) in [6.07, 6.45) is 13.7. The summed E-state index contributed by atoms with van der Waals surface area (Å²) < 4.78 is 16.3. The second kappa shape index (κ2) is 15.2. The fourth-order valence-electron chi connectivity index (χ4n) is 5.38. The minimum absolute atomic E-state index is 0.0736. The van der Waals surface area contributed by atoms with E-state index >= 15 is 0 Å². The molecule has 0 heterocycles. The molecule has 38 heavy (non-hydrogen) atoms. The summed E-state index contributed by atoms with van der Waals surface area (Å²) in [5, 5.41) is 0. The highest BCUT2D eigenvalue weighted by Crippen LogP contribution is 2.48. The molecular weight excluding hydrogens is 476 g/mol. The summed E-state index contributed by atoms with van der Waals surface area (Å²) in [5.74, 6) is 1.32. The van der Waals surface area contributed by atoms with Crippen LogP contribution in [-0.2, 0) is 19.7 Å². The molecule has 1 aliphatic carbocycles. The minimum Gasteiger partial charge on any atom is -0.494 e. The number of carbonyl (C=O) groups is 2. The van der Waals surface area contributed by atoms with E-state index in [1.165, 1.54) is 61.8 Å². The molecule has 1 fully saturated rings. The van der Waals surface area contributed by atoms with Crippen LogP contribution < -0.4 is 9.47 Å². The molecule has 0 atom stereocenters. The topological polar surface area (TPSA) is 61.8 Å². The van der Waals surface area contributed by atoms with Crippen molar-refractivity contribution in [2.45, 2.75) is 76.5 Å². The van der Waals surface area contributed by atoms with Crippen molar-refractivity contribution < 1.29 is 23.8 Å². The van der Waals surface area contributed by atoms with Crippen molar-refractivity contribution in [1.82, 2.24) is 0 Å². The lowest BCUT2D eigenvalue weighted by Crippen LogP contribution is -2.33. The van der Waals surface area contributed by atoms with Crippen molar-refractivity contribution in [3.05, 3.63) is 85.0 Å². The molecule has 5 nitrogen and oxygen atoms in total. The first-order valence-corrected chi connectivity index (χ1v) is 14.0. The summed E-state index contributed by atoms with van der Waals surface area (Å²) >= 11 is 0. The summed E-state index contributed by atoms with van der Waals surface area (Å²) in [5.41, 5.74) is 2.48. The molecule has 0 aliphatic heterocycles. The number of unbranched alkanes of at least 4 members (excludes halogenated alkanes) is 3. The number of benzene rings is 2. The Morgan fingerprint density at radius 3 is 1.97 bits per heavy atom. The maximum absolute atomic E-state index is 11.6. The van der Waals surface area contributed by atoms with E-state index in [0.717, 1.165) is 37.4 Å². The predicted octanol–water partition coefficient (Wildman–Crippen LogP) is 7.72. The molecule has 0 aromatic heterocycles. The third-order valence-corrected chi connectivity index (χ3v) is 7.59. The first-order valence-electron chi connectivity index (χ1n) is 14.0. The van der Waals surface area contributed by atoms with Crippen LogP contribution in [0.3, 0.4) is 0 Å². The SMILES string of the molecule is C=CC(=O)OCCCCOc1ccc(C2(c3ccc(OC(=O)C=C)cc3)CCC(CCCCC)CC2)cc1. The van der Waals surface area contributed by atoms with Crippen LogP contribution in [0, 0.1) is 5.92 Å². The van der Waals surface area contributed by atoms with Crippen LogP contribution in [0.2, 0.25) is 0 Å². The van der Waals surface area contributed by atoms with E-state index in [0.29, 0.717) is 19.0 Å². The van der Waals surface area contributed by atoms with Gasteiger partial charge in [0.2, 0.25) is 0 Å². The van der Waals surface area contributed by atoms with Crippen LogP contribution in [0.5, 0.6) is 11.5 Å². The van der Waals surface area contributed by atoms with Crippen molar-refractivity contribution in [2.24, 2.45) is 5.92 Å². The largest absolute Gasteiger partial charge is 0.494 e. The number of carbonyl (C=O) groups excluding carboxylic acids is 2. The molecule has 204 valence electrons. The van der Waals surface area contributed by atoms with Crippen LogP contribution in [0.15, 0.2) is 73.8 Å². The molecule has 0 spiro atoms. The molecule has 1 aliphatic rings. The van der Waals surface area contributed by atoms with Gasteiger partial charge in [-0.05, 0) is 79.8 Å². The minimum atomic E-state index is -0.451. The second-order valence-electron chi connectivity index (χ2n) is 10.1. The van der Waals surface area contributed by atoms with E-state index in [-0.39, 0.29) is 5.41 Å². The van der Waals surface area contributed by atoms with Gasteiger partial charge in [-0.2, -0.15) is 0 Å². The molecule has 5 heteroatoms. The van der Waals surface area contributed by atoms with E-state index < -0.39 is 11.9 Å². The van der Waals surface area contributed by atoms with E-state index in [2.05, 4.69) is 56.5 Å². The average Bonchev–Trinajstić information content (AvgIpc) is 2.96. The molecule has 0 amide bonds. The lowest BCUT2D eigenvalue weighted by Gasteiger charge is -2.41. The van der Waals surface area contributed by atoms with Crippen LogP contribution in [-0.4, -0.2) is 25.2 Å². The van der Waals surface area contributed by atoms with Gasteiger partial charge in [0, 0.05) is 17.6 Å². The zero-order chi connectivity index (χ0) is 27.2. The molecular formula is C33H42O5. The average molecular weight is 519 g/mol. The van der Waals surface area contributed by atoms with Crippen molar-refractivity contribution in [2.75, 3.05) is 13.2 Å². The van der Waals surface area contributed by atoms with Crippen molar-refractivity contribution >= 4 is 11.9 Å². The number of hydrogen-bond donors (Lipinski definition) is 0. The normalized spacial score (nSPS) is 18.8. The summed E-state index contributed by atoms with van der Waals surface area (Å²) in [6.45, 7) is 10.1. The van der Waals surface area contributed by atoms with Crippen LogP contribution in [0.1, 0.15) is 82.3 Å². The van der Waals surface area contributed by atoms with Crippen LogP contribution in [0.4, 0.5) is 0 Å². The highest BCUT2D eigenvalue weighted by Gasteiger charge is 2.38. The van der Waals surface area contributed by atoms with Gasteiger partial charge in [0.1, 0.15) is 11.5 Å². The Morgan fingerprint density at radius 2 is 1.39 bits per heavy atom. The summed E-state index contributed by atoms with van der Waals surface area (Å²) in [6, 6.07) is 16.5. The number of esters is 2. The summed E-state index contributed by atoms with van der Waals surface area (Å²) in [7, 11) is 0. The lowest BCUT2D eigenvalue weighted by molar-refractivity contribution is -0.137. The van der Waals surface area contributed by atoms with Crippen LogP contribution in [0.25, 0.3) is 0 Å². The van der Waals surface area contributed by atoms with E-state index in [9.17, 15) is 9.59 Å². The van der Waals surface area contributed by atoms with E-state index in [1.807, 2.05) is 12.1 Å². The van der Waals surface area contributed by atoms with Gasteiger partial charge in [-0.1, -0.05) is 70.0 Å². The third kappa shape index (κ3) is 8.34. The molecule has 1 saturated carbocycles. The highest BCUT2D eigenvalue weighted by molar-refractivity contribution is 5.83. The van der Waals surface area contributed by atoms with Gasteiger partial charge in [-0.15, -0.1) is 0 Å². The number of rotatable bonds is 15. The zero-order valence-corrected chi connectivity index (χ0v) is 22.8. The molecule has 2 aromatic carbocycles. The van der Waals surface area contributed by atoms with Gasteiger partial charge < -0.3 is 14.2 Å². The van der Waals surface area contributed by atoms with Crippen molar-refractivity contribution in [3.63, 3.8) is 0 Å². The Hall–Kier alpha value is -3.34. The first kappa shape index (κ1) is 29.2. The quantitative estimate of drug-likeness (QED) is 0.105. The van der Waals surface area contributed by atoms with Crippen LogP contribution >= 0.6 is 0 Å². The van der Waals surface area contributed by atoms with Gasteiger partial charge in [-0.3, -0.25) is 0 Å². The standard InChI is InChI=1S/C33H42O5/c1-4-7-8-11-26-20-22-33(23-21-26,28-14-18-30(19-15-28)38-32(35)6-3)27-12-16-29(17-13-27)36-24-9-10-25-37-31(34)5-2/h5-6,12-19,26H,2-4,7-11,20-25H2,1H3. The Labute approximate surface area is 227 Å². The molecule has 0 unspecified atom stereocenters. The third-order valence-electron chi connectivity index (χ3n) is 7.59. The Kier molecular flexibility index (Phi) is 11.7. The second-order valence-corrected chi connectivity index (χ2v) is 10.1. The zero-order valence-electron chi connectivity index (χ0n) is 22.8. The molecule has 0 N–H and O–H groups in total. The lowest BCUT2D eigenvalue weighted by atomic mass is 9.62. The fourth-order valence-corrected chi connectivity index (χ4v) is 5.38. The maximum Gasteiger partial charge on any atom is 0.335 e. The fraction of sp³-hybridized carbons (Fsp3) is 0.455.